The SMILES string of the molecule is c1ccc(-c2ccc(-c3cccc(-n4c5cccc6c7ccccc7n7c8ccccc8c8ccc4c(c65)c87)c3)nc2)cc1. The molecule has 3 nitrogen and oxygen atoms in total. The van der Waals surface area contributed by atoms with Crippen molar-refractivity contribution >= 4 is 59.9 Å². The van der Waals surface area contributed by atoms with Gasteiger partial charge in [-0.2, -0.15) is 0 Å². The van der Waals surface area contributed by atoms with E-state index in [0.717, 1.165) is 22.5 Å². The molecule has 4 aromatic heterocycles. The van der Waals surface area contributed by atoms with Crippen LogP contribution in [-0.4, -0.2) is 14.0 Å². The van der Waals surface area contributed by atoms with Gasteiger partial charge in [0, 0.05) is 49.9 Å². The minimum Gasteiger partial charge on any atom is -0.309 e. The maximum absolute atomic E-state index is 4.88. The van der Waals surface area contributed by atoms with E-state index in [0.29, 0.717) is 0 Å². The first-order chi connectivity index (χ1) is 21.8. The Morgan fingerprint density at radius 3 is 1.86 bits per heavy atom. The molecule has 0 unspecified atom stereocenters. The number of para-hydroxylation sites is 2. The predicted molar refractivity (Wildman–Crippen MR) is 184 cm³/mol. The third kappa shape index (κ3) is 3.13. The molecule has 0 saturated heterocycles. The summed E-state index contributed by atoms with van der Waals surface area (Å²) in [4.78, 5) is 4.88. The van der Waals surface area contributed by atoms with Crippen LogP contribution in [0.2, 0.25) is 0 Å². The van der Waals surface area contributed by atoms with Gasteiger partial charge in [0.15, 0.2) is 0 Å². The molecule has 0 N–H and O–H groups in total. The van der Waals surface area contributed by atoms with Crippen LogP contribution in [0, 0.1) is 0 Å². The van der Waals surface area contributed by atoms with Gasteiger partial charge in [-0.3, -0.25) is 4.98 Å². The second-order valence-electron chi connectivity index (χ2n) is 11.6. The molecule has 0 atom stereocenters. The van der Waals surface area contributed by atoms with Crippen molar-refractivity contribution in [3.63, 3.8) is 0 Å². The highest BCUT2D eigenvalue weighted by molar-refractivity contribution is 6.33. The monoisotopic (exact) mass is 559 g/mol. The summed E-state index contributed by atoms with van der Waals surface area (Å²) in [6.07, 6.45) is 1.98. The lowest BCUT2D eigenvalue weighted by Crippen LogP contribution is -1.95. The Hall–Kier alpha value is -5.93. The summed E-state index contributed by atoms with van der Waals surface area (Å²) in [7, 11) is 0. The van der Waals surface area contributed by atoms with Gasteiger partial charge in [-0.15, -0.1) is 0 Å². The lowest BCUT2D eigenvalue weighted by molar-refractivity contribution is 1.18. The highest BCUT2D eigenvalue weighted by Crippen LogP contribution is 2.45. The zero-order chi connectivity index (χ0) is 28.8. The second kappa shape index (κ2) is 8.79. The van der Waals surface area contributed by atoms with Crippen LogP contribution >= 0.6 is 0 Å². The van der Waals surface area contributed by atoms with Gasteiger partial charge in [-0.25, -0.2) is 0 Å². The molecule has 0 aliphatic rings. The van der Waals surface area contributed by atoms with Crippen molar-refractivity contribution in [2.45, 2.75) is 0 Å². The molecule has 0 aliphatic carbocycles. The van der Waals surface area contributed by atoms with E-state index >= 15 is 0 Å². The molecule has 10 rings (SSSR count). The number of nitrogens with zero attached hydrogens (tertiary/aromatic N) is 3. The zero-order valence-corrected chi connectivity index (χ0v) is 23.8. The van der Waals surface area contributed by atoms with Crippen molar-refractivity contribution in [2.24, 2.45) is 0 Å². The Labute approximate surface area is 253 Å². The molecule has 10 aromatic rings. The first-order valence-electron chi connectivity index (χ1n) is 15.1. The van der Waals surface area contributed by atoms with E-state index in [-0.39, 0.29) is 0 Å². The Kier molecular flexibility index (Phi) is 4.72. The van der Waals surface area contributed by atoms with Gasteiger partial charge in [-0.05, 0) is 53.4 Å². The third-order valence-electron chi connectivity index (χ3n) is 9.29. The third-order valence-corrected chi connectivity index (χ3v) is 9.29. The Bertz CT molecular complexity index is 2690. The molecular weight excluding hydrogens is 534 g/mol. The van der Waals surface area contributed by atoms with E-state index in [2.05, 4.69) is 148 Å². The first kappa shape index (κ1) is 23.6. The second-order valence-corrected chi connectivity index (χ2v) is 11.6. The highest BCUT2D eigenvalue weighted by atomic mass is 15.0. The molecule has 204 valence electrons. The van der Waals surface area contributed by atoms with Crippen molar-refractivity contribution in [3.8, 4) is 28.1 Å². The number of aromatic nitrogens is 3. The van der Waals surface area contributed by atoms with Crippen LogP contribution in [0.15, 0.2) is 152 Å². The number of pyridine rings is 1. The standard InChI is InChI=1S/C41H25N3/c1-2-10-26(11-3-1)28-20-22-34(42-25-28)27-12-8-13-29(24-27)43-37-19-9-16-32-30-14-4-6-17-35(30)44-36-18-7-5-15-31(36)33-21-23-38(43)40(39(32)37)41(33)44/h1-25H. The van der Waals surface area contributed by atoms with Crippen LogP contribution < -0.4 is 0 Å². The Morgan fingerprint density at radius 1 is 0.409 bits per heavy atom. The van der Waals surface area contributed by atoms with E-state index in [1.807, 2.05) is 12.3 Å². The van der Waals surface area contributed by atoms with E-state index in [1.54, 1.807) is 0 Å². The van der Waals surface area contributed by atoms with Gasteiger partial charge >= 0.3 is 0 Å². The maximum Gasteiger partial charge on any atom is 0.0703 e. The number of fused-ring (bicyclic) bond motifs is 6. The molecule has 4 heterocycles. The molecular formula is C41H25N3. The Balaban J connectivity index is 1.28. The summed E-state index contributed by atoms with van der Waals surface area (Å²) in [6.45, 7) is 0. The molecule has 44 heavy (non-hydrogen) atoms. The summed E-state index contributed by atoms with van der Waals surface area (Å²) in [6, 6.07) is 52.5. The van der Waals surface area contributed by atoms with E-state index in [4.69, 9.17) is 4.98 Å². The molecule has 0 saturated carbocycles. The predicted octanol–water partition coefficient (Wildman–Crippen LogP) is 10.7. The summed E-state index contributed by atoms with van der Waals surface area (Å²) in [5.41, 5.74) is 11.7. The van der Waals surface area contributed by atoms with Gasteiger partial charge in [0.1, 0.15) is 0 Å². The summed E-state index contributed by atoms with van der Waals surface area (Å²) in [5.74, 6) is 0. The topological polar surface area (TPSA) is 22.2 Å². The molecule has 0 bridgehead atoms. The van der Waals surface area contributed by atoms with Crippen LogP contribution in [0.25, 0.3) is 88.0 Å². The van der Waals surface area contributed by atoms with Crippen molar-refractivity contribution < 1.29 is 0 Å². The van der Waals surface area contributed by atoms with Crippen LogP contribution in [0.5, 0.6) is 0 Å². The van der Waals surface area contributed by atoms with Gasteiger partial charge in [0.2, 0.25) is 0 Å². The average molecular weight is 560 g/mol. The average Bonchev–Trinajstić information content (AvgIpc) is 3.57. The molecule has 3 heteroatoms. The fraction of sp³-hybridized carbons (Fsp3) is 0. The number of hydrogen-bond acceptors (Lipinski definition) is 1. The lowest BCUT2D eigenvalue weighted by Gasteiger charge is -2.11. The smallest absolute Gasteiger partial charge is 0.0703 e. The minimum atomic E-state index is 0.963. The van der Waals surface area contributed by atoms with Crippen LogP contribution in [0.1, 0.15) is 0 Å². The lowest BCUT2D eigenvalue weighted by atomic mass is 10.0. The van der Waals surface area contributed by atoms with Gasteiger partial charge in [0.05, 0.1) is 33.3 Å². The number of benzene rings is 6. The fourth-order valence-electron chi connectivity index (χ4n) is 7.42. The molecule has 0 amide bonds. The van der Waals surface area contributed by atoms with Crippen molar-refractivity contribution in [1.82, 2.24) is 14.0 Å². The Morgan fingerprint density at radius 2 is 1.07 bits per heavy atom. The van der Waals surface area contributed by atoms with Gasteiger partial charge in [-0.1, -0.05) is 103 Å². The van der Waals surface area contributed by atoms with Gasteiger partial charge < -0.3 is 8.97 Å². The van der Waals surface area contributed by atoms with E-state index in [1.165, 1.54) is 65.5 Å². The molecule has 0 aliphatic heterocycles. The first-order valence-corrected chi connectivity index (χ1v) is 15.1. The minimum absolute atomic E-state index is 0.963. The number of hydrogen-bond donors (Lipinski definition) is 0. The fourth-order valence-corrected chi connectivity index (χ4v) is 7.42. The molecule has 0 fully saturated rings. The summed E-state index contributed by atoms with van der Waals surface area (Å²) >= 11 is 0. The van der Waals surface area contributed by atoms with Crippen LogP contribution in [-0.2, 0) is 0 Å². The zero-order valence-electron chi connectivity index (χ0n) is 23.8. The van der Waals surface area contributed by atoms with Crippen LogP contribution in [0.4, 0.5) is 0 Å². The largest absolute Gasteiger partial charge is 0.309 e. The molecule has 0 radical (unpaired) electrons. The van der Waals surface area contributed by atoms with Gasteiger partial charge in [0.25, 0.3) is 0 Å². The van der Waals surface area contributed by atoms with Crippen molar-refractivity contribution in [1.29, 1.82) is 0 Å². The molecule has 0 spiro atoms. The van der Waals surface area contributed by atoms with Crippen molar-refractivity contribution in [3.05, 3.63) is 152 Å². The highest BCUT2D eigenvalue weighted by Gasteiger charge is 2.22. The van der Waals surface area contributed by atoms with E-state index < -0.39 is 0 Å². The van der Waals surface area contributed by atoms with Crippen molar-refractivity contribution in [2.75, 3.05) is 0 Å². The van der Waals surface area contributed by atoms with Crippen LogP contribution in [0.3, 0.4) is 0 Å². The maximum atomic E-state index is 4.88. The quantitative estimate of drug-likeness (QED) is 0.211. The summed E-state index contributed by atoms with van der Waals surface area (Å²) < 4.78 is 4.92. The number of rotatable bonds is 3. The molecule has 6 aromatic carbocycles. The normalized spacial score (nSPS) is 12.1. The summed E-state index contributed by atoms with van der Waals surface area (Å²) in [5, 5.41) is 7.71. The van der Waals surface area contributed by atoms with E-state index in [9.17, 15) is 0 Å².